The lowest BCUT2D eigenvalue weighted by molar-refractivity contribution is -0.121. The van der Waals surface area contributed by atoms with E-state index in [1.807, 2.05) is 0 Å². The van der Waals surface area contributed by atoms with Crippen molar-refractivity contribution in [3.05, 3.63) is 34.6 Å². The second kappa shape index (κ2) is 7.11. The predicted molar refractivity (Wildman–Crippen MR) is 70.6 cm³/mol. The van der Waals surface area contributed by atoms with Gasteiger partial charge in [0.25, 0.3) is 0 Å². The van der Waals surface area contributed by atoms with E-state index in [0.717, 1.165) is 18.4 Å². The number of carbonyl (C=O) groups excluding carboxylic acids is 1. The van der Waals surface area contributed by atoms with Crippen LogP contribution in [0, 0.1) is 19.7 Å². The maximum absolute atomic E-state index is 13.4. The summed E-state index contributed by atoms with van der Waals surface area (Å²) in [5.41, 5.74) is 7.52. The number of aryl methyl sites for hydroxylation is 2. The first-order valence-corrected chi connectivity index (χ1v) is 6.27. The molecule has 0 fully saturated rings. The fourth-order valence-electron chi connectivity index (χ4n) is 1.86. The largest absolute Gasteiger partial charge is 0.352 e. The van der Waals surface area contributed by atoms with Gasteiger partial charge < -0.3 is 11.1 Å². The van der Waals surface area contributed by atoms with Crippen LogP contribution in [0.2, 0.25) is 0 Å². The van der Waals surface area contributed by atoms with E-state index in [4.69, 9.17) is 5.73 Å². The molecule has 0 saturated carbocycles. The lowest BCUT2D eigenvalue weighted by Gasteiger charge is -2.08. The number of hydrogen-bond acceptors (Lipinski definition) is 2. The molecular formula is C14H21FN2O. The highest BCUT2D eigenvalue weighted by Crippen LogP contribution is 2.14. The zero-order valence-electron chi connectivity index (χ0n) is 11.1. The Labute approximate surface area is 108 Å². The molecule has 0 atom stereocenters. The van der Waals surface area contributed by atoms with Crippen LogP contribution in [0.5, 0.6) is 0 Å². The van der Waals surface area contributed by atoms with Crippen molar-refractivity contribution < 1.29 is 9.18 Å². The molecule has 3 nitrogen and oxygen atoms in total. The number of unbranched alkanes of at least 4 members (excludes halogenated alkanes) is 1. The maximum atomic E-state index is 13.4. The molecule has 0 aromatic heterocycles. The molecule has 1 aromatic rings. The first-order valence-electron chi connectivity index (χ1n) is 6.27. The summed E-state index contributed by atoms with van der Waals surface area (Å²) in [6, 6.07) is 3.53. The van der Waals surface area contributed by atoms with Crippen molar-refractivity contribution in [1.29, 1.82) is 0 Å². The van der Waals surface area contributed by atoms with Crippen LogP contribution in [0.15, 0.2) is 12.1 Å². The highest BCUT2D eigenvalue weighted by atomic mass is 19.1. The number of hydrogen-bond donors (Lipinski definition) is 2. The minimum Gasteiger partial charge on any atom is -0.352 e. The number of halogens is 1. The lowest BCUT2D eigenvalue weighted by Crippen LogP contribution is -2.22. The van der Waals surface area contributed by atoms with Gasteiger partial charge >= 0.3 is 0 Å². The molecule has 100 valence electrons. The molecule has 4 heteroatoms. The Morgan fingerprint density at radius 3 is 2.44 bits per heavy atom. The van der Waals surface area contributed by atoms with E-state index in [1.54, 1.807) is 26.0 Å². The van der Waals surface area contributed by atoms with Crippen molar-refractivity contribution >= 4 is 5.91 Å². The molecule has 0 aliphatic carbocycles. The van der Waals surface area contributed by atoms with Crippen LogP contribution in [-0.2, 0) is 11.3 Å². The van der Waals surface area contributed by atoms with Crippen LogP contribution >= 0.6 is 0 Å². The van der Waals surface area contributed by atoms with E-state index >= 15 is 0 Å². The van der Waals surface area contributed by atoms with Crippen molar-refractivity contribution in [3.63, 3.8) is 0 Å². The first-order chi connectivity index (χ1) is 8.54. The normalized spacial score (nSPS) is 10.4. The van der Waals surface area contributed by atoms with Crippen molar-refractivity contribution in [2.75, 3.05) is 6.54 Å². The van der Waals surface area contributed by atoms with Crippen LogP contribution < -0.4 is 11.1 Å². The topological polar surface area (TPSA) is 55.1 Å². The molecule has 0 heterocycles. The Morgan fingerprint density at radius 1 is 1.28 bits per heavy atom. The van der Waals surface area contributed by atoms with E-state index in [0.29, 0.717) is 30.6 Å². The highest BCUT2D eigenvalue weighted by Gasteiger charge is 2.05. The molecule has 0 unspecified atom stereocenters. The summed E-state index contributed by atoms with van der Waals surface area (Å²) in [7, 11) is 0. The van der Waals surface area contributed by atoms with E-state index in [2.05, 4.69) is 5.32 Å². The average Bonchev–Trinajstić information content (AvgIpc) is 2.33. The number of rotatable bonds is 6. The second-order valence-corrected chi connectivity index (χ2v) is 4.57. The number of nitrogens with one attached hydrogen (secondary N) is 1. The van der Waals surface area contributed by atoms with E-state index in [1.165, 1.54) is 0 Å². The van der Waals surface area contributed by atoms with Gasteiger partial charge in [-0.3, -0.25) is 4.79 Å². The molecule has 0 bridgehead atoms. The molecule has 0 aliphatic heterocycles. The minimum atomic E-state index is -0.173. The quantitative estimate of drug-likeness (QED) is 0.762. The lowest BCUT2D eigenvalue weighted by atomic mass is 10.1. The summed E-state index contributed by atoms with van der Waals surface area (Å²) in [5, 5.41) is 2.83. The third-order valence-electron chi connectivity index (χ3n) is 2.84. The Hall–Kier alpha value is -1.42. The minimum absolute atomic E-state index is 0.0167. The zero-order valence-corrected chi connectivity index (χ0v) is 11.1. The maximum Gasteiger partial charge on any atom is 0.220 e. The van der Waals surface area contributed by atoms with Gasteiger partial charge in [-0.15, -0.1) is 0 Å². The van der Waals surface area contributed by atoms with Crippen molar-refractivity contribution in [3.8, 4) is 0 Å². The summed E-state index contributed by atoms with van der Waals surface area (Å²) in [6.07, 6.45) is 2.17. The van der Waals surface area contributed by atoms with Crippen molar-refractivity contribution in [2.45, 2.75) is 39.7 Å². The monoisotopic (exact) mass is 252 g/mol. The van der Waals surface area contributed by atoms with Gasteiger partial charge in [0.2, 0.25) is 5.91 Å². The molecule has 1 aromatic carbocycles. The predicted octanol–water partition coefficient (Wildman–Crippen LogP) is 2.19. The first kappa shape index (κ1) is 14.6. The smallest absolute Gasteiger partial charge is 0.220 e. The third kappa shape index (κ3) is 4.45. The number of amides is 1. The van der Waals surface area contributed by atoms with Gasteiger partial charge in [-0.25, -0.2) is 4.39 Å². The van der Waals surface area contributed by atoms with Crippen LogP contribution in [0.25, 0.3) is 0 Å². The highest BCUT2D eigenvalue weighted by molar-refractivity contribution is 5.75. The second-order valence-electron chi connectivity index (χ2n) is 4.57. The van der Waals surface area contributed by atoms with Crippen molar-refractivity contribution in [1.82, 2.24) is 5.32 Å². The SMILES string of the molecule is Cc1cc(CNC(=O)CCCCN)cc(C)c1F. The number of carbonyl (C=O) groups is 1. The Morgan fingerprint density at radius 2 is 1.89 bits per heavy atom. The summed E-state index contributed by atoms with van der Waals surface area (Å²) in [4.78, 5) is 11.5. The molecule has 1 amide bonds. The molecule has 0 saturated heterocycles. The van der Waals surface area contributed by atoms with Gasteiger partial charge in [0.15, 0.2) is 0 Å². The third-order valence-corrected chi connectivity index (χ3v) is 2.84. The summed E-state index contributed by atoms with van der Waals surface area (Å²) < 4.78 is 13.4. The molecule has 0 spiro atoms. The summed E-state index contributed by atoms with van der Waals surface area (Å²) in [5.74, 6) is -0.156. The Bertz CT molecular complexity index is 395. The van der Waals surface area contributed by atoms with Gasteiger partial charge in [-0.1, -0.05) is 12.1 Å². The van der Waals surface area contributed by atoms with Gasteiger partial charge in [0.05, 0.1) is 0 Å². The van der Waals surface area contributed by atoms with Crippen LogP contribution in [0.1, 0.15) is 36.0 Å². The summed E-state index contributed by atoms with van der Waals surface area (Å²) in [6.45, 7) is 4.52. The molecule has 1 rings (SSSR count). The average molecular weight is 252 g/mol. The van der Waals surface area contributed by atoms with Crippen LogP contribution in [0.4, 0.5) is 4.39 Å². The van der Waals surface area contributed by atoms with Gasteiger partial charge in [-0.05, 0) is 49.9 Å². The van der Waals surface area contributed by atoms with E-state index < -0.39 is 0 Å². The summed E-state index contributed by atoms with van der Waals surface area (Å²) >= 11 is 0. The van der Waals surface area contributed by atoms with Crippen molar-refractivity contribution in [2.24, 2.45) is 5.73 Å². The fourth-order valence-corrected chi connectivity index (χ4v) is 1.86. The Kier molecular flexibility index (Phi) is 5.78. The molecule has 0 aliphatic rings. The Balaban J connectivity index is 2.46. The number of benzene rings is 1. The van der Waals surface area contributed by atoms with Gasteiger partial charge in [0.1, 0.15) is 5.82 Å². The van der Waals surface area contributed by atoms with Crippen LogP contribution in [0.3, 0.4) is 0 Å². The zero-order chi connectivity index (χ0) is 13.5. The van der Waals surface area contributed by atoms with E-state index in [9.17, 15) is 9.18 Å². The van der Waals surface area contributed by atoms with E-state index in [-0.39, 0.29) is 11.7 Å². The molecule has 0 radical (unpaired) electrons. The molecule has 3 N–H and O–H groups in total. The van der Waals surface area contributed by atoms with Gasteiger partial charge in [0, 0.05) is 13.0 Å². The van der Waals surface area contributed by atoms with Crippen LogP contribution in [-0.4, -0.2) is 12.5 Å². The molecular weight excluding hydrogens is 231 g/mol. The standard InChI is InChI=1S/C14H21FN2O/c1-10-7-12(8-11(2)14(10)15)9-17-13(18)5-3-4-6-16/h7-8H,3-6,9,16H2,1-2H3,(H,17,18). The van der Waals surface area contributed by atoms with Gasteiger partial charge in [-0.2, -0.15) is 0 Å². The molecule has 18 heavy (non-hydrogen) atoms. The fraction of sp³-hybridized carbons (Fsp3) is 0.500. The number of nitrogens with two attached hydrogens (primary N) is 1.